The number of nitrogen functional groups attached to an aromatic ring is 1. The molecule has 0 spiro atoms. The molecule has 0 saturated carbocycles. The fraction of sp³-hybridized carbons (Fsp3) is 0.333. The van der Waals surface area contributed by atoms with E-state index in [4.69, 9.17) is 10.5 Å². The van der Waals surface area contributed by atoms with Crippen LogP contribution in [0.3, 0.4) is 0 Å². The van der Waals surface area contributed by atoms with Gasteiger partial charge in [0.2, 0.25) is 0 Å². The minimum Gasteiger partial charge on any atom is -0.399 e. The lowest BCUT2D eigenvalue weighted by atomic mass is 10.1. The first-order valence-electron chi connectivity index (χ1n) is 3.72. The first kappa shape index (κ1) is 9.03. The van der Waals surface area contributed by atoms with Crippen molar-refractivity contribution in [2.75, 3.05) is 12.8 Å². The molecule has 66 valence electrons. The Kier molecular flexibility index (Phi) is 2.68. The Hall–Kier alpha value is -1.06. The predicted molar refractivity (Wildman–Crippen MR) is 47.6 cm³/mol. The number of benzene rings is 1. The lowest BCUT2D eigenvalue weighted by molar-refractivity contribution is -0.0772. The van der Waals surface area contributed by atoms with Crippen molar-refractivity contribution in [2.24, 2.45) is 0 Å². The lowest BCUT2D eigenvalue weighted by Crippen LogP contribution is -2.03. The fourth-order valence-corrected chi connectivity index (χ4v) is 1.07. The molecule has 1 atom stereocenters. The Morgan fingerprint density at radius 3 is 2.75 bits per heavy atom. The van der Waals surface area contributed by atoms with Gasteiger partial charge in [0, 0.05) is 18.4 Å². The molecule has 0 amide bonds. The molecule has 0 aromatic heterocycles. The van der Waals surface area contributed by atoms with Gasteiger partial charge in [0.25, 0.3) is 0 Å². The van der Waals surface area contributed by atoms with E-state index >= 15 is 0 Å². The van der Waals surface area contributed by atoms with Gasteiger partial charge in [0.05, 0.1) is 0 Å². The molecule has 0 saturated heterocycles. The molecule has 3 N–H and O–H groups in total. The van der Waals surface area contributed by atoms with Crippen LogP contribution in [0.1, 0.15) is 17.4 Å². The van der Waals surface area contributed by atoms with Crippen molar-refractivity contribution >= 4 is 5.69 Å². The van der Waals surface area contributed by atoms with E-state index in [2.05, 4.69) is 0 Å². The number of hydrogen-bond acceptors (Lipinski definition) is 3. The van der Waals surface area contributed by atoms with E-state index in [1.165, 1.54) is 7.11 Å². The first-order chi connectivity index (χ1) is 5.66. The fourth-order valence-electron chi connectivity index (χ4n) is 1.07. The molecule has 1 unspecified atom stereocenters. The van der Waals surface area contributed by atoms with Crippen molar-refractivity contribution in [3.63, 3.8) is 0 Å². The third-order valence-corrected chi connectivity index (χ3v) is 1.91. The summed E-state index contributed by atoms with van der Waals surface area (Å²) in [5.74, 6) is 0. The van der Waals surface area contributed by atoms with Crippen molar-refractivity contribution < 1.29 is 9.84 Å². The summed E-state index contributed by atoms with van der Waals surface area (Å²) in [6.07, 6.45) is -0.881. The van der Waals surface area contributed by atoms with E-state index in [1.807, 2.05) is 6.92 Å². The van der Waals surface area contributed by atoms with E-state index in [9.17, 15) is 5.11 Å². The van der Waals surface area contributed by atoms with E-state index in [1.54, 1.807) is 18.2 Å². The van der Waals surface area contributed by atoms with Gasteiger partial charge in [-0.3, -0.25) is 0 Å². The molecule has 0 aliphatic carbocycles. The normalized spacial score (nSPS) is 12.9. The third kappa shape index (κ3) is 1.57. The number of aliphatic hydroxyl groups is 1. The molecule has 0 radical (unpaired) electrons. The van der Waals surface area contributed by atoms with Gasteiger partial charge in [-0.15, -0.1) is 0 Å². The van der Waals surface area contributed by atoms with Crippen molar-refractivity contribution in [3.05, 3.63) is 29.3 Å². The highest BCUT2D eigenvalue weighted by atomic mass is 16.6. The van der Waals surface area contributed by atoms with Gasteiger partial charge in [-0.25, -0.2) is 0 Å². The van der Waals surface area contributed by atoms with Crippen LogP contribution in [-0.2, 0) is 4.74 Å². The maximum atomic E-state index is 9.36. The molecule has 0 aliphatic heterocycles. The molecule has 1 aromatic carbocycles. The summed E-state index contributed by atoms with van der Waals surface area (Å²) in [6, 6.07) is 5.38. The summed E-state index contributed by atoms with van der Waals surface area (Å²) in [5.41, 5.74) is 7.90. The minimum absolute atomic E-state index is 0.670. The number of methoxy groups -OCH3 is 1. The lowest BCUT2D eigenvalue weighted by Gasteiger charge is -2.12. The Morgan fingerprint density at radius 1 is 1.50 bits per heavy atom. The summed E-state index contributed by atoms with van der Waals surface area (Å²) >= 11 is 0. The van der Waals surface area contributed by atoms with Crippen LogP contribution >= 0.6 is 0 Å². The molecule has 1 aromatic rings. The predicted octanol–water partition coefficient (Wildman–Crippen LogP) is 1.21. The first-order valence-corrected chi connectivity index (χ1v) is 3.72. The SMILES string of the molecule is COC(O)c1cccc(N)c1C. The van der Waals surface area contributed by atoms with Gasteiger partial charge in [-0.2, -0.15) is 0 Å². The maximum Gasteiger partial charge on any atom is 0.181 e. The largest absolute Gasteiger partial charge is 0.399 e. The average Bonchev–Trinajstić information content (AvgIpc) is 2.08. The molecule has 1 rings (SSSR count). The van der Waals surface area contributed by atoms with E-state index < -0.39 is 6.29 Å². The zero-order valence-electron chi connectivity index (χ0n) is 7.24. The van der Waals surface area contributed by atoms with Gasteiger partial charge >= 0.3 is 0 Å². The molecule has 0 fully saturated rings. The van der Waals surface area contributed by atoms with E-state index in [-0.39, 0.29) is 0 Å². The highest BCUT2D eigenvalue weighted by Gasteiger charge is 2.09. The Labute approximate surface area is 71.8 Å². The van der Waals surface area contributed by atoms with E-state index in [0.29, 0.717) is 5.69 Å². The van der Waals surface area contributed by atoms with Crippen molar-refractivity contribution in [1.29, 1.82) is 0 Å². The summed E-state index contributed by atoms with van der Waals surface area (Å²) in [5, 5.41) is 9.36. The molecule has 3 nitrogen and oxygen atoms in total. The number of nitrogens with two attached hydrogens (primary N) is 1. The van der Waals surface area contributed by atoms with Crippen molar-refractivity contribution in [2.45, 2.75) is 13.2 Å². The average molecular weight is 167 g/mol. The highest BCUT2D eigenvalue weighted by molar-refractivity contribution is 5.50. The Morgan fingerprint density at radius 2 is 2.17 bits per heavy atom. The minimum atomic E-state index is -0.881. The van der Waals surface area contributed by atoms with Gasteiger partial charge in [0.1, 0.15) is 0 Å². The molecule has 3 heteroatoms. The molecule has 0 aliphatic rings. The van der Waals surface area contributed by atoms with Gasteiger partial charge < -0.3 is 15.6 Å². The zero-order chi connectivity index (χ0) is 9.14. The third-order valence-electron chi connectivity index (χ3n) is 1.91. The monoisotopic (exact) mass is 167 g/mol. The van der Waals surface area contributed by atoms with Crippen LogP contribution in [-0.4, -0.2) is 12.2 Å². The number of anilines is 1. The van der Waals surface area contributed by atoms with Gasteiger partial charge in [0.15, 0.2) is 6.29 Å². The summed E-state index contributed by atoms with van der Waals surface area (Å²) in [6.45, 7) is 1.85. The molecule has 0 bridgehead atoms. The molecular weight excluding hydrogens is 154 g/mol. The number of hydrogen-bond donors (Lipinski definition) is 2. The van der Waals surface area contributed by atoms with Crippen molar-refractivity contribution in [3.8, 4) is 0 Å². The van der Waals surface area contributed by atoms with Crippen LogP contribution in [0, 0.1) is 6.92 Å². The van der Waals surface area contributed by atoms with Crippen LogP contribution < -0.4 is 5.73 Å². The standard InChI is InChI=1S/C9H13NO2/c1-6-7(9(11)12-2)4-3-5-8(6)10/h3-5,9,11H,10H2,1-2H3. The summed E-state index contributed by atoms with van der Waals surface area (Å²) in [4.78, 5) is 0. The van der Waals surface area contributed by atoms with Crippen LogP contribution in [0.5, 0.6) is 0 Å². The second kappa shape index (κ2) is 3.56. The number of aliphatic hydroxyl groups excluding tert-OH is 1. The second-order valence-corrected chi connectivity index (χ2v) is 2.65. The van der Waals surface area contributed by atoms with Gasteiger partial charge in [-0.1, -0.05) is 12.1 Å². The van der Waals surface area contributed by atoms with Crippen LogP contribution in [0.2, 0.25) is 0 Å². The summed E-state index contributed by atoms with van der Waals surface area (Å²) in [7, 11) is 1.45. The Bertz CT molecular complexity index is 273. The quantitative estimate of drug-likeness (QED) is 0.514. The maximum absolute atomic E-state index is 9.36. The Balaban J connectivity index is 3.07. The second-order valence-electron chi connectivity index (χ2n) is 2.65. The molecular formula is C9H13NO2. The zero-order valence-corrected chi connectivity index (χ0v) is 7.24. The number of ether oxygens (including phenoxy) is 1. The smallest absolute Gasteiger partial charge is 0.181 e. The van der Waals surface area contributed by atoms with Crippen LogP contribution in [0.4, 0.5) is 5.69 Å². The summed E-state index contributed by atoms with van der Waals surface area (Å²) < 4.78 is 4.77. The highest BCUT2D eigenvalue weighted by Crippen LogP contribution is 2.22. The topological polar surface area (TPSA) is 55.5 Å². The van der Waals surface area contributed by atoms with Crippen molar-refractivity contribution in [1.82, 2.24) is 0 Å². The molecule has 12 heavy (non-hydrogen) atoms. The number of rotatable bonds is 2. The van der Waals surface area contributed by atoms with Crippen LogP contribution in [0.25, 0.3) is 0 Å². The van der Waals surface area contributed by atoms with Gasteiger partial charge in [-0.05, 0) is 18.6 Å². The van der Waals surface area contributed by atoms with E-state index in [0.717, 1.165) is 11.1 Å². The van der Waals surface area contributed by atoms with Crippen LogP contribution in [0.15, 0.2) is 18.2 Å². The molecule has 0 heterocycles.